The van der Waals surface area contributed by atoms with Crippen molar-refractivity contribution in [3.8, 4) is 11.3 Å². The van der Waals surface area contributed by atoms with E-state index in [-0.39, 0.29) is 5.75 Å². The number of sulfonamides is 1. The fourth-order valence-electron chi connectivity index (χ4n) is 2.51. The number of hydrogen-bond acceptors (Lipinski definition) is 4. The zero-order valence-corrected chi connectivity index (χ0v) is 11.8. The zero-order valence-electron chi connectivity index (χ0n) is 11.0. The fourth-order valence-corrected chi connectivity index (χ4v) is 3.52. The van der Waals surface area contributed by atoms with Gasteiger partial charge in [-0.05, 0) is 16.8 Å². The quantitative estimate of drug-likeness (QED) is 0.744. The molecule has 0 fully saturated rings. The summed E-state index contributed by atoms with van der Waals surface area (Å²) < 4.78 is 27.6. The molecular weight excluding hydrogens is 288 g/mol. The maximum Gasteiger partial charge on any atom is 0.235 e. The number of fused-ring (bicyclic) bond motifs is 2. The molecule has 106 valence electrons. The average Bonchev–Trinajstić information content (AvgIpc) is 2.88. The predicted molar refractivity (Wildman–Crippen MR) is 80.4 cm³/mol. The summed E-state index contributed by atoms with van der Waals surface area (Å²) in [5, 5.41) is 10.4. The van der Waals surface area contributed by atoms with E-state index in [1.807, 2.05) is 42.5 Å². The highest BCUT2D eigenvalue weighted by atomic mass is 32.2. The predicted octanol–water partition coefficient (Wildman–Crippen LogP) is 1.85. The molecule has 21 heavy (non-hydrogen) atoms. The van der Waals surface area contributed by atoms with Crippen LogP contribution in [0, 0.1) is 0 Å². The van der Waals surface area contributed by atoms with Gasteiger partial charge in [-0.15, -0.1) is 5.10 Å². The maximum absolute atomic E-state index is 11.7. The lowest BCUT2D eigenvalue weighted by molar-refractivity contribution is 0.570. The first-order valence-electron chi connectivity index (χ1n) is 6.55. The van der Waals surface area contributed by atoms with E-state index in [4.69, 9.17) is 0 Å². The number of anilines is 1. The molecule has 1 aromatic heterocycles. The van der Waals surface area contributed by atoms with Crippen molar-refractivity contribution in [2.75, 3.05) is 10.5 Å². The molecule has 0 amide bonds. The lowest BCUT2D eigenvalue weighted by atomic mass is 10.1. The molecule has 0 unspecified atom stereocenters. The first-order valence-corrected chi connectivity index (χ1v) is 8.21. The summed E-state index contributed by atoms with van der Waals surface area (Å²) in [6, 6.07) is 13.9. The molecular formula is C14H12N4O2S. The molecule has 0 spiro atoms. The first-order chi connectivity index (χ1) is 10.1. The van der Waals surface area contributed by atoms with Gasteiger partial charge in [-0.25, -0.2) is 13.1 Å². The second-order valence-electron chi connectivity index (χ2n) is 4.99. The van der Waals surface area contributed by atoms with Gasteiger partial charge in [0.15, 0.2) is 5.82 Å². The van der Waals surface area contributed by atoms with Gasteiger partial charge >= 0.3 is 0 Å². The topological polar surface area (TPSA) is 76.9 Å². The van der Waals surface area contributed by atoms with Crippen molar-refractivity contribution in [1.29, 1.82) is 0 Å². The highest BCUT2D eigenvalue weighted by Crippen LogP contribution is 2.30. The van der Waals surface area contributed by atoms with Crippen molar-refractivity contribution < 1.29 is 8.42 Å². The maximum atomic E-state index is 11.7. The Bertz CT molecular complexity index is 947. The lowest BCUT2D eigenvalue weighted by Crippen LogP contribution is -2.28. The van der Waals surface area contributed by atoms with Crippen molar-refractivity contribution in [2.45, 2.75) is 6.54 Å². The summed E-state index contributed by atoms with van der Waals surface area (Å²) in [6.45, 7) is 0.325. The van der Waals surface area contributed by atoms with Crippen molar-refractivity contribution in [1.82, 2.24) is 15.0 Å². The van der Waals surface area contributed by atoms with Crippen LogP contribution in [-0.2, 0) is 16.6 Å². The molecule has 0 aliphatic carbocycles. The molecule has 0 saturated heterocycles. The van der Waals surface area contributed by atoms with Crippen molar-refractivity contribution in [3.05, 3.63) is 42.5 Å². The summed E-state index contributed by atoms with van der Waals surface area (Å²) in [5.41, 5.74) is 1.41. The van der Waals surface area contributed by atoms with Crippen molar-refractivity contribution in [3.63, 3.8) is 0 Å². The molecule has 0 atom stereocenters. The highest BCUT2D eigenvalue weighted by Gasteiger charge is 2.25. The van der Waals surface area contributed by atoms with E-state index >= 15 is 0 Å². The van der Waals surface area contributed by atoms with E-state index in [9.17, 15) is 8.42 Å². The Balaban J connectivity index is 1.88. The van der Waals surface area contributed by atoms with Gasteiger partial charge in [0, 0.05) is 5.56 Å². The van der Waals surface area contributed by atoms with Crippen LogP contribution in [0.15, 0.2) is 42.5 Å². The lowest BCUT2D eigenvalue weighted by Gasteiger charge is -2.16. The smallest absolute Gasteiger partial charge is 0.235 e. The fraction of sp³-hybridized carbons (Fsp3) is 0.143. The Kier molecular flexibility index (Phi) is 2.52. The molecule has 1 aliphatic heterocycles. The number of aromatic nitrogens is 3. The second-order valence-corrected chi connectivity index (χ2v) is 6.83. The summed E-state index contributed by atoms with van der Waals surface area (Å²) >= 11 is 0. The third-order valence-electron chi connectivity index (χ3n) is 3.58. The van der Waals surface area contributed by atoms with Gasteiger partial charge in [0.05, 0.1) is 12.3 Å². The van der Waals surface area contributed by atoms with Crippen LogP contribution in [0.2, 0.25) is 0 Å². The van der Waals surface area contributed by atoms with Gasteiger partial charge in [-0.3, -0.25) is 4.72 Å². The van der Waals surface area contributed by atoms with E-state index in [0.29, 0.717) is 18.1 Å². The second kappa shape index (κ2) is 4.29. The molecule has 0 bridgehead atoms. The third kappa shape index (κ3) is 2.06. The van der Waals surface area contributed by atoms with Crippen LogP contribution >= 0.6 is 0 Å². The van der Waals surface area contributed by atoms with Gasteiger partial charge in [-0.1, -0.05) is 41.6 Å². The molecule has 0 saturated carbocycles. The average molecular weight is 300 g/mol. The standard InChI is InChI=1S/C14H12N4O2S/c19-21(20)8-7-18-14(16-21)13(15-17-18)12-6-5-10-3-1-2-4-11(10)9-12/h1-6,9,16H,7-8H2. The van der Waals surface area contributed by atoms with E-state index in [1.54, 1.807) is 4.68 Å². The monoisotopic (exact) mass is 300 g/mol. The Morgan fingerprint density at radius 3 is 2.76 bits per heavy atom. The van der Waals surface area contributed by atoms with E-state index in [1.165, 1.54) is 0 Å². The number of nitrogens with one attached hydrogen (secondary N) is 1. The van der Waals surface area contributed by atoms with Crippen molar-refractivity contribution in [2.24, 2.45) is 0 Å². The van der Waals surface area contributed by atoms with Crippen LogP contribution in [0.3, 0.4) is 0 Å². The summed E-state index contributed by atoms with van der Waals surface area (Å²) in [6.07, 6.45) is 0. The third-order valence-corrected chi connectivity index (χ3v) is 4.81. The molecule has 2 aromatic carbocycles. The largest absolute Gasteiger partial charge is 0.266 e. The Hall–Kier alpha value is -2.41. The number of benzene rings is 2. The van der Waals surface area contributed by atoms with Crippen LogP contribution in [-0.4, -0.2) is 29.2 Å². The molecule has 2 heterocycles. The Morgan fingerprint density at radius 2 is 1.90 bits per heavy atom. The van der Waals surface area contributed by atoms with Crippen LogP contribution in [0.25, 0.3) is 22.0 Å². The zero-order chi connectivity index (χ0) is 14.4. The molecule has 1 aliphatic rings. The van der Waals surface area contributed by atoms with Crippen LogP contribution < -0.4 is 4.72 Å². The number of rotatable bonds is 1. The van der Waals surface area contributed by atoms with Crippen LogP contribution in [0.4, 0.5) is 5.82 Å². The summed E-state index contributed by atoms with van der Waals surface area (Å²) in [5.74, 6) is 0.470. The minimum Gasteiger partial charge on any atom is -0.266 e. The van der Waals surface area contributed by atoms with E-state index in [2.05, 4.69) is 15.0 Å². The van der Waals surface area contributed by atoms with Gasteiger partial charge < -0.3 is 0 Å². The van der Waals surface area contributed by atoms with Gasteiger partial charge in [0.1, 0.15) is 5.69 Å². The first kappa shape index (κ1) is 12.3. The molecule has 0 radical (unpaired) electrons. The van der Waals surface area contributed by atoms with Gasteiger partial charge in [0.2, 0.25) is 10.0 Å². The Labute approximate surface area is 121 Å². The number of hydrogen-bond donors (Lipinski definition) is 1. The summed E-state index contributed by atoms with van der Waals surface area (Å²) in [7, 11) is -3.29. The number of nitrogens with zero attached hydrogens (tertiary/aromatic N) is 3. The van der Waals surface area contributed by atoms with Crippen molar-refractivity contribution >= 4 is 26.6 Å². The van der Waals surface area contributed by atoms with Crippen LogP contribution in [0.5, 0.6) is 0 Å². The molecule has 7 heteroatoms. The highest BCUT2D eigenvalue weighted by molar-refractivity contribution is 7.92. The summed E-state index contributed by atoms with van der Waals surface area (Å²) in [4.78, 5) is 0. The van der Waals surface area contributed by atoms with Gasteiger partial charge in [-0.2, -0.15) is 0 Å². The molecule has 4 rings (SSSR count). The molecule has 1 N–H and O–H groups in total. The minimum atomic E-state index is -3.29. The van der Waals surface area contributed by atoms with Crippen LogP contribution in [0.1, 0.15) is 0 Å². The van der Waals surface area contributed by atoms with Gasteiger partial charge in [0.25, 0.3) is 0 Å². The van der Waals surface area contributed by atoms with E-state index in [0.717, 1.165) is 16.3 Å². The number of aryl methyl sites for hydroxylation is 1. The minimum absolute atomic E-state index is 0.0283. The van der Waals surface area contributed by atoms with E-state index < -0.39 is 10.0 Å². The molecule has 3 aromatic rings. The normalized spacial score (nSPS) is 16.4. The SMILES string of the molecule is O=S1(=O)CCn2nnc(-c3ccc4ccccc4c3)c2N1. The Morgan fingerprint density at radius 1 is 1.10 bits per heavy atom. The molecule has 6 nitrogen and oxygen atoms in total.